The number of hydrogen-bond donors (Lipinski definition) is 0. The van der Waals surface area contributed by atoms with Crippen LogP contribution in [0.1, 0.15) is 29.0 Å². The van der Waals surface area contributed by atoms with Crippen molar-refractivity contribution in [3.63, 3.8) is 0 Å². The van der Waals surface area contributed by atoms with Gasteiger partial charge >= 0.3 is 3.98 Å². The van der Waals surface area contributed by atoms with Gasteiger partial charge in [0.2, 0.25) is 0 Å². The Morgan fingerprint density at radius 2 is 1.28 bits per heavy atom. The Bertz CT molecular complexity index is 413. The van der Waals surface area contributed by atoms with Gasteiger partial charge in [0.1, 0.15) is 13.1 Å². The summed E-state index contributed by atoms with van der Waals surface area (Å²) >= 11 is 3.93. The van der Waals surface area contributed by atoms with E-state index in [0.29, 0.717) is 0 Å². The minimum Gasteiger partial charge on any atom is -0.222 e. The zero-order valence-electron chi connectivity index (χ0n) is 10.3. The molecule has 1 aliphatic rings. The molecule has 1 fully saturated rings. The lowest BCUT2D eigenvalue weighted by atomic mass is 10.2. The molecule has 0 unspecified atom stereocenters. The lowest BCUT2D eigenvalue weighted by molar-refractivity contribution is -2.00. The fraction of sp³-hybridized carbons (Fsp3) is 0.700. The van der Waals surface area contributed by atoms with E-state index in [-0.39, 0.29) is 0 Å². The molecule has 0 aromatic carbocycles. The maximum Gasteiger partial charge on any atom is 0.314 e. The molecule has 0 bridgehead atoms. The first kappa shape index (κ1) is 16.0. The Hall–Kier alpha value is -0.0200. The van der Waals surface area contributed by atoms with Crippen LogP contribution in [-0.4, -0.2) is 13.1 Å². The van der Waals surface area contributed by atoms with Crippen LogP contribution in [0.25, 0.3) is 0 Å². The molecule has 0 amide bonds. The van der Waals surface area contributed by atoms with Gasteiger partial charge < -0.3 is 0 Å². The number of halogens is 1. The minimum absolute atomic E-state index is 1.27. The van der Waals surface area contributed by atoms with Crippen LogP contribution in [0, 0.1) is 24.1 Å². The summed E-state index contributed by atoms with van der Waals surface area (Å²) in [7, 11) is -4.94. The van der Waals surface area contributed by atoms with E-state index in [2.05, 4.69) is 18.4 Å². The first-order valence-electron chi connectivity index (χ1n) is 5.54. The maximum atomic E-state index is 8.49. The SMILES string of the molecule is Cc1sc(=[N+]2CCCCC2)sc1C.[O-][Cl+3]([O-])([O-])[O-]. The molecular formula is C10H16ClNO4S2. The summed E-state index contributed by atoms with van der Waals surface area (Å²) in [6.07, 6.45) is 4.18. The summed E-state index contributed by atoms with van der Waals surface area (Å²) in [5, 5.41) is 0. The van der Waals surface area contributed by atoms with Crippen molar-refractivity contribution < 1.29 is 28.9 Å². The molecule has 0 saturated carbocycles. The highest BCUT2D eigenvalue weighted by atomic mass is 35.7. The summed E-state index contributed by atoms with van der Waals surface area (Å²) in [5.74, 6) is 0. The number of nitrogens with zero attached hydrogens (tertiary/aromatic N) is 1. The molecule has 2 rings (SSSR count). The second-order valence-corrected chi connectivity index (χ2v) is 7.43. The average molecular weight is 314 g/mol. The predicted octanol–water partition coefficient (Wildman–Crippen LogP) is -2.37. The van der Waals surface area contributed by atoms with Crippen molar-refractivity contribution in [3.05, 3.63) is 13.7 Å². The van der Waals surface area contributed by atoms with E-state index in [9.17, 15) is 0 Å². The Morgan fingerprint density at radius 1 is 0.889 bits per heavy atom. The van der Waals surface area contributed by atoms with Gasteiger partial charge in [-0.25, -0.2) is 23.2 Å². The Balaban J connectivity index is 0.000000280. The predicted molar refractivity (Wildman–Crippen MR) is 60.5 cm³/mol. The van der Waals surface area contributed by atoms with Crippen molar-refractivity contribution in [2.24, 2.45) is 0 Å². The van der Waals surface area contributed by atoms with Gasteiger partial charge in [0.15, 0.2) is 0 Å². The van der Waals surface area contributed by atoms with Crippen molar-refractivity contribution in [2.75, 3.05) is 13.1 Å². The fourth-order valence-electron chi connectivity index (χ4n) is 1.63. The quantitative estimate of drug-likeness (QED) is 0.500. The normalized spacial score (nSPS) is 16.2. The summed E-state index contributed by atoms with van der Waals surface area (Å²) < 4.78 is 38.0. The van der Waals surface area contributed by atoms with Crippen LogP contribution in [0.3, 0.4) is 0 Å². The Morgan fingerprint density at radius 3 is 1.67 bits per heavy atom. The number of hydrogen-bond acceptors (Lipinski definition) is 6. The van der Waals surface area contributed by atoms with Gasteiger partial charge in [-0.1, -0.05) is 22.7 Å². The largest absolute Gasteiger partial charge is 0.314 e. The topological polar surface area (TPSA) is 95.2 Å². The molecule has 0 spiro atoms. The van der Waals surface area contributed by atoms with Crippen LogP contribution in [0.5, 0.6) is 0 Å². The highest BCUT2D eigenvalue weighted by Gasteiger charge is 2.13. The average Bonchev–Trinajstić information content (AvgIpc) is 2.58. The van der Waals surface area contributed by atoms with Crippen LogP contribution < -0.4 is 27.2 Å². The van der Waals surface area contributed by atoms with E-state index >= 15 is 0 Å². The molecule has 5 nitrogen and oxygen atoms in total. The van der Waals surface area contributed by atoms with Gasteiger partial charge in [-0.15, -0.1) is 10.2 Å². The van der Waals surface area contributed by atoms with Gasteiger partial charge in [-0.2, -0.15) is 0 Å². The van der Waals surface area contributed by atoms with E-state index in [1.165, 1.54) is 46.1 Å². The lowest BCUT2D eigenvalue weighted by Crippen LogP contribution is -2.68. The summed E-state index contributed by atoms with van der Waals surface area (Å²) in [6.45, 7) is 7.00. The third kappa shape index (κ3) is 6.24. The van der Waals surface area contributed by atoms with Gasteiger partial charge in [-0.3, -0.25) is 0 Å². The van der Waals surface area contributed by atoms with E-state index in [0.717, 1.165) is 0 Å². The highest BCUT2D eigenvalue weighted by molar-refractivity contribution is 7.27. The van der Waals surface area contributed by atoms with E-state index in [4.69, 9.17) is 18.6 Å². The zero-order valence-corrected chi connectivity index (χ0v) is 12.7. The molecule has 1 saturated heterocycles. The van der Waals surface area contributed by atoms with Crippen molar-refractivity contribution in [1.29, 1.82) is 0 Å². The molecule has 18 heavy (non-hydrogen) atoms. The minimum atomic E-state index is -4.94. The Kier molecular flexibility index (Phi) is 6.19. The summed E-state index contributed by atoms with van der Waals surface area (Å²) in [6, 6.07) is 0. The number of aryl methyl sites for hydroxylation is 2. The number of rotatable bonds is 0. The van der Waals surface area contributed by atoms with Gasteiger partial charge in [0, 0.05) is 22.6 Å². The first-order valence-corrected chi connectivity index (χ1v) is 8.41. The molecule has 0 atom stereocenters. The molecule has 0 radical (unpaired) electrons. The second kappa shape index (κ2) is 6.95. The third-order valence-electron chi connectivity index (χ3n) is 2.59. The Labute approximate surface area is 116 Å². The maximum absolute atomic E-state index is 8.49. The molecule has 1 aliphatic heterocycles. The van der Waals surface area contributed by atoms with Crippen LogP contribution >= 0.6 is 22.7 Å². The number of piperidine rings is 1. The molecule has 2 heterocycles. The van der Waals surface area contributed by atoms with E-state index < -0.39 is 10.2 Å². The fourth-order valence-corrected chi connectivity index (χ4v) is 4.23. The molecule has 104 valence electrons. The van der Waals surface area contributed by atoms with Crippen LogP contribution in [0.15, 0.2) is 0 Å². The molecule has 1 aromatic rings. The summed E-state index contributed by atoms with van der Waals surface area (Å²) in [5.41, 5.74) is 0. The van der Waals surface area contributed by atoms with Crippen LogP contribution in [0.4, 0.5) is 0 Å². The first-order chi connectivity index (χ1) is 8.27. The lowest BCUT2D eigenvalue weighted by Gasteiger charge is -2.17. The van der Waals surface area contributed by atoms with Gasteiger partial charge in [0.05, 0.1) is 0 Å². The monoisotopic (exact) mass is 313 g/mol. The molecule has 0 aliphatic carbocycles. The molecule has 0 N–H and O–H groups in total. The third-order valence-corrected chi connectivity index (χ3v) is 5.31. The molecular weight excluding hydrogens is 298 g/mol. The van der Waals surface area contributed by atoms with E-state index in [1.807, 2.05) is 22.7 Å². The van der Waals surface area contributed by atoms with Crippen molar-refractivity contribution in [1.82, 2.24) is 4.58 Å². The van der Waals surface area contributed by atoms with Crippen molar-refractivity contribution in [3.8, 4) is 0 Å². The smallest absolute Gasteiger partial charge is 0.222 e. The zero-order chi connectivity index (χ0) is 13.8. The van der Waals surface area contributed by atoms with Crippen molar-refractivity contribution in [2.45, 2.75) is 33.1 Å². The molecule has 1 aromatic heterocycles. The van der Waals surface area contributed by atoms with Crippen LogP contribution in [-0.2, 0) is 0 Å². The van der Waals surface area contributed by atoms with Crippen LogP contribution in [0.2, 0.25) is 0 Å². The second-order valence-electron chi connectivity index (χ2n) is 4.01. The standard InChI is InChI=1S/C10H16NS2.ClHO4/c1-8-9(2)13-10(12-8)11-6-4-3-5-7-11;2-1(3,4)5/h3-7H2,1-2H3;(H,2,3,4,5)/q+1;/p-1. The van der Waals surface area contributed by atoms with Crippen molar-refractivity contribution >= 4 is 22.7 Å². The van der Waals surface area contributed by atoms with Gasteiger partial charge in [0.25, 0.3) is 0 Å². The summed E-state index contributed by atoms with van der Waals surface area (Å²) in [4.78, 5) is 2.98. The highest BCUT2D eigenvalue weighted by Crippen LogP contribution is 2.14. The van der Waals surface area contributed by atoms with E-state index in [1.54, 1.807) is 0 Å². The molecule has 8 heteroatoms. The van der Waals surface area contributed by atoms with Gasteiger partial charge in [-0.05, 0) is 20.3 Å².